The Bertz CT molecular complexity index is 523. The molecule has 0 aliphatic heterocycles. The monoisotopic (exact) mass is 312 g/mol. The zero-order valence-corrected chi connectivity index (χ0v) is 11.5. The van der Waals surface area contributed by atoms with Crippen molar-refractivity contribution in [3.05, 3.63) is 34.3 Å². The molecule has 0 fully saturated rings. The third-order valence-electron chi connectivity index (χ3n) is 2.61. The summed E-state index contributed by atoms with van der Waals surface area (Å²) in [5.74, 6) is 6.29. The lowest BCUT2D eigenvalue weighted by Crippen LogP contribution is -2.31. The summed E-state index contributed by atoms with van der Waals surface area (Å²) in [6.07, 6.45) is 3.32. The zero-order valence-electron chi connectivity index (χ0n) is 9.96. The number of nitrogens with two attached hydrogens (primary N) is 1. The van der Waals surface area contributed by atoms with Crippen LogP contribution < -0.4 is 16.0 Å². The molecule has 0 radical (unpaired) electrons. The number of nitrogens with zero attached hydrogens (tertiary/aromatic N) is 4. The largest absolute Gasteiger partial charge is 0.495 e. The van der Waals surface area contributed by atoms with E-state index in [4.69, 9.17) is 10.6 Å². The highest BCUT2D eigenvalue weighted by Crippen LogP contribution is 2.31. The predicted molar refractivity (Wildman–Crippen MR) is 68.7 cm³/mol. The highest BCUT2D eigenvalue weighted by molar-refractivity contribution is 9.10. The molecular formula is C10H13BrN6O. The van der Waals surface area contributed by atoms with Gasteiger partial charge in [0.1, 0.15) is 5.75 Å². The fraction of sp³-hybridized carbons (Fsp3) is 0.300. The Labute approximate surface area is 112 Å². The molecular weight excluding hydrogens is 300 g/mol. The summed E-state index contributed by atoms with van der Waals surface area (Å²) in [4.78, 5) is 4.02. The van der Waals surface area contributed by atoms with Crippen LogP contribution in [0.25, 0.3) is 0 Å². The summed E-state index contributed by atoms with van der Waals surface area (Å²) in [5, 5.41) is 7.88. The number of aryl methyl sites for hydroxylation is 1. The Kier molecular flexibility index (Phi) is 3.90. The summed E-state index contributed by atoms with van der Waals surface area (Å²) >= 11 is 3.36. The maximum absolute atomic E-state index is 5.64. The molecule has 3 N–H and O–H groups in total. The van der Waals surface area contributed by atoms with E-state index < -0.39 is 0 Å². The minimum atomic E-state index is -0.294. The van der Waals surface area contributed by atoms with Crippen LogP contribution in [-0.2, 0) is 7.05 Å². The number of methoxy groups -OCH3 is 1. The smallest absolute Gasteiger partial charge is 0.153 e. The molecule has 2 heterocycles. The van der Waals surface area contributed by atoms with Gasteiger partial charge in [0, 0.05) is 18.8 Å². The van der Waals surface area contributed by atoms with E-state index in [1.165, 1.54) is 0 Å². The molecule has 0 saturated carbocycles. The number of pyridine rings is 1. The first-order valence-corrected chi connectivity index (χ1v) is 5.97. The molecule has 96 valence electrons. The SMILES string of the molecule is COc1cnccc1C(NN)c1c(Br)nnn1C. The Balaban J connectivity index is 2.52. The topological polar surface area (TPSA) is 90.9 Å². The number of hydrogen-bond donors (Lipinski definition) is 2. The van der Waals surface area contributed by atoms with Crippen LogP contribution in [0.2, 0.25) is 0 Å². The van der Waals surface area contributed by atoms with Gasteiger partial charge in [0.25, 0.3) is 0 Å². The summed E-state index contributed by atoms with van der Waals surface area (Å²) in [5.41, 5.74) is 4.41. The van der Waals surface area contributed by atoms with Gasteiger partial charge in [0.05, 0.1) is 25.0 Å². The average molecular weight is 313 g/mol. The van der Waals surface area contributed by atoms with Gasteiger partial charge in [-0.2, -0.15) is 0 Å². The van der Waals surface area contributed by atoms with Gasteiger partial charge in [-0.05, 0) is 22.0 Å². The molecule has 0 amide bonds. The highest BCUT2D eigenvalue weighted by atomic mass is 79.9. The molecule has 0 aromatic carbocycles. The highest BCUT2D eigenvalue weighted by Gasteiger charge is 2.23. The van der Waals surface area contributed by atoms with Gasteiger partial charge in [0.15, 0.2) is 4.60 Å². The summed E-state index contributed by atoms with van der Waals surface area (Å²) in [7, 11) is 3.38. The van der Waals surface area contributed by atoms with E-state index >= 15 is 0 Å². The quantitative estimate of drug-likeness (QED) is 0.632. The first-order chi connectivity index (χ1) is 8.69. The van der Waals surface area contributed by atoms with Crippen LogP contribution in [-0.4, -0.2) is 27.1 Å². The molecule has 0 spiro atoms. The third-order valence-corrected chi connectivity index (χ3v) is 3.18. The second-order valence-corrected chi connectivity index (χ2v) is 4.36. The lowest BCUT2D eigenvalue weighted by atomic mass is 10.1. The van der Waals surface area contributed by atoms with Gasteiger partial charge in [-0.1, -0.05) is 5.21 Å². The summed E-state index contributed by atoms with van der Waals surface area (Å²) in [6.45, 7) is 0. The van der Waals surface area contributed by atoms with Crippen molar-refractivity contribution >= 4 is 15.9 Å². The Morgan fingerprint density at radius 1 is 1.56 bits per heavy atom. The van der Waals surface area contributed by atoms with E-state index in [9.17, 15) is 0 Å². The Morgan fingerprint density at radius 3 is 2.89 bits per heavy atom. The van der Waals surface area contributed by atoms with Gasteiger partial charge < -0.3 is 4.74 Å². The second-order valence-electron chi connectivity index (χ2n) is 3.61. The van der Waals surface area contributed by atoms with Crippen molar-refractivity contribution in [1.82, 2.24) is 25.4 Å². The number of aromatic nitrogens is 4. The van der Waals surface area contributed by atoms with Crippen molar-refractivity contribution in [3.63, 3.8) is 0 Å². The van der Waals surface area contributed by atoms with Crippen LogP contribution in [0.3, 0.4) is 0 Å². The molecule has 2 rings (SSSR count). The fourth-order valence-corrected chi connectivity index (χ4v) is 2.32. The molecule has 0 saturated heterocycles. The molecule has 0 aliphatic carbocycles. The molecule has 2 aromatic rings. The van der Waals surface area contributed by atoms with E-state index in [-0.39, 0.29) is 6.04 Å². The summed E-state index contributed by atoms with van der Waals surface area (Å²) in [6, 6.07) is 1.54. The lowest BCUT2D eigenvalue weighted by Gasteiger charge is -2.18. The number of ether oxygens (including phenoxy) is 1. The third kappa shape index (κ3) is 2.22. The minimum Gasteiger partial charge on any atom is -0.495 e. The molecule has 18 heavy (non-hydrogen) atoms. The summed E-state index contributed by atoms with van der Waals surface area (Å²) < 4.78 is 7.56. The van der Waals surface area contributed by atoms with Crippen molar-refractivity contribution in [2.45, 2.75) is 6.04 Å². The number of halogens is 1. The van der Waals surface area contributed by atoms with E-state index in [0.29, 0.717) is 10.4 Å². The number of hydrogen-bond acceptors (Lipinski definition) is 6. The number of rotatable bonds is 4. The van der Waals surface area contributed by atoms with Crippen LogP contribution in [0.5, 0.6) is 5.75 Å². The molecule has 2 aromatic heterocycles. The van der Waals surface area contributed by atoms with Crippen LogP contribution >= 0.6 is 15.9 Å². The second kappa shape index (κ2) is 5.42. The lowest BCUT2D eigenvalue weighted by molar-refractivity contribution is 0.400. The maximum atomic E-state index is 5.64. The first-order valence-electron chi connectivity index (χ1n) is 5.18. The maximum Gasteiger partial charge on any atom is 0.153 e. The van der Waals surface area contributed by atoms with Crippen LogP contribution in [0, 0.1) is 0 Å². The van der Waals surface area contributed by atoms with Gasteiger partial charge in [-0.15, -0.1) is 5.10 Å². The fourth-order valence-electron chi connectivity index (χ4n) is 1.76. The first kappa shape index (κ1) is 12.9. The van der Waals surface area contributed by atoms with E-state index in [0.717, 1.165) is 11.3 Å². The van der Waals surface area contributed by atoms with Crippen LogP contribution in [0.4, 0.5) is 0 Å². The van der Waals surface area contributed by atoms with Gasteiger partial charge in [-0.3, -0.25) is 10.8 Å². The average Bonchev–Trinajstić information content (AvgIpc) is 2.72. The standard InChI is InChI=1S/C10H13BrN6O/c1-17-9(10(11)15-16-17)8(14-12)6-3-4-13-5-7(6)18-2/h3-5,8,14H,12H2,1-2H3. The Hall–Kier alpha value is -1.51. The van der Waals surface area contributed by atoms with Crippen molar-refractivity contribution < 1.29 is 4.74 Å². The minimum absolute atomic E-state index is 0.294. The van der Waals surface area contributed by atoms with Crippen LogP contribution in [0.15, 0.2) is 23.1 Å². The normalized spacial score (nSPS) is 12.4. The van der Waals surface area contributed by atoms with E-state index in [1.807, 2.05) is 6.07 Å². The molecule has 8 heteroatoms. The van der Waals surface area contributed by atoms with Crippen molar-refractivity contribution in [1.29, 1.82) is 0 Å². The molecule has 7 nitrogen and oxygen atoms in total. The van der Waals surface area contributed by atoms with Gasteiger partial charge in [0.2, 0.25) is 0 Å². The molecule has 0 aliphatic rings. The molecule has 1 unspecified atom stereocenters. The van der Waals surface area contributed by atoms with Gasteiger partial charge >= 0.3 is 0 Å². The van der Waals surface area contributed by atoms with Gasteiger partial charge in [-0.25, -0.2) is 10.1 Å². The van der Waals surface area contributed by atoms with Crippen molar-refractivity contribution in [2.24, 2.45) is 12.9 Å². The zero-order chi connectivity index (χ0) is 13.1. The van der Waals surface area contributed by atoms with E-state index in [2.05, 4.69) is 36.7 Å². The molecule has 0 bridgehead atoms. The van der Waals surface area contributed by atoms with Crippen molar-refractivity contribution in [3.8, 4) is 5.75 Å². The van der Waals surface area contributed by atoms with Crippen LogP contribution in [0.1, 0.15) is 17.3 Å². The Morgan fingerprint density at radius 2 is 2.33 bits per heavy atom. The number of hydrazine groups is 1. The van der Waals surface area contributed by atoms with E-state index in [1.54, 1.807) is 31.2 Å². The predicted octanol–water partition coefficient (Wildman–Crippen LogP) is 0.534. The number of nitrogens with one attached hydrogen (secondary N) is 1. The molecule has 1 atom stereocenters. The van der Waals surface area contributed by atoms with Crippen molar-refractivity contribution in [2.75, 3.05) is 7.11 Å².